The van der Waals surface area contributed by atoms with Crippen LogP contribution < -0.4 is 5.32 Å². The van der Waals surface area contributed by atoms with Crippen molar-refractivity contribution in [3.8, 4) is 0 Å². The van der Waals surface area contributed by atoms with Crippen molar-refractivity contribution in [2.75, 3.05) is 0 Å². The molecule has 1 amide bonds. The van der Waals surface area contributed by atoms with Crippen molar-refractivity contribution >= 4 is 12.2 Å². The van der Waals surface area contributed by atoms with Crippen LogP contribution >= 0.6 is 0 Å². The monoisotopic (exact) mass is 315 g/mol. The molecule has 126 valence electrons. The second-order valence-corrected chi connectivity index (χ2v) is 7.35. The maximum atomic E-state index is 11.6. The van der Waals surface area contributed by atoms with Gasteiger partial charge in [-0.1, -0.05) is 55.7 Å². The minimum atomic E-state index is -0.460. The van der Waals surface area contributed by atoms with Gasteiger partial charge in [-0.15, -0.1) is 0 Å². The Labute approximate surface area is 140 Å². The van der Waals surface area contributed by atoms with Crippen molar-refractivity contribution < 1.29 is 9.53 Å². The maximum Gasteiger partial charge on any atom is 0.407 e. The second-order valence-electron chi connectivity index (χ2n) is 7.35. The molecule has 0 atom stereocenters. The fourth-order valence-corrected chi connectivity index (χ4v) is 2.81. The van der Waals surface area contributed by atoms with E-state index >= 15 is 0 Å². The summed E-state index contributed by atoms with van der Waals surface area (Å²) in [6, 6.07) is 8.31. The Balaban J connectivity index is 1.80. The summed E-state index contributed by atoms with van der Waals surface area (Å²) in [4.78, 5) is 11.6. The third-order valence-electron chi connectivity index (χ3n) is 4.03. The summed E-state index contributed by atoms with van der Waals surface area (Å²) in [6.45, 7) is 6.07. The average Bonchev–Trinajstić information content (AvgIpc) is 2.51. The van der Waals surface area contributed by atoms with E-state index in [9.17, 15) is 4.79 Å². The number of amides is 1. The predicted molar refractivity (Wildman–Crippen MR) is 95.1 cm³/mol. The van der Waals surface area contributed by atoms with Gasteiger partial charge in [0.1, 0.15) is 5.60 Å². The van der Waals surface area contributed by atoms with Gasteiger partial charge < -0.3 is 10.1 Å². The molecule has 0 radical (unpaired) electrons. The molecule has 1 aromatic rings. The van der Waals surface area contributed by atoms with Crippen LogP contribution in [0, 0.1) is 5.92 Å². The summed E-state index contributed by atoms with van der Waals surface area (Å²) in [5, 5.41) is 2.78. The molecule has 0 saturated heterocycles. The first kappa shape index (κ1) is 17.6. The molecule has 0 aromatic heterocycles. The van der Waals surface area contributed by atoms with Crippen molar-refractivity contribution in [1.82, 2.24) is 5.32 Å². The first-order valence-corrected chi connectivity index (χ1v) is 8.66. The van der Waals surface area contributed by atoms with Gasteiger partial charge >= 0.3 is 6.09 Å². The number of carbonyl (C=O) groups excluding carboxylic acids is 1. The molecule has 1 saturated carbocycles. The molecule has 0 heterocycles. The normalized spacial score (nSPS) is 16.5. The number of alkyl carbamates (subject to hydrolysis) is 1. The third-order valence-corrected chi connectivity index (χ3v) is 4.03. The molecular weight excluding hydrogens is 286 g/mol. The van der Waals surface area contributed by atoms with Crippen molar-refractivity contribution in [2.45, 2.75) is 65.0 Å². The van der Waals surface area contributed by atoms with E-state index in [4.69, 9.17) is 4.74 Å². The van der Waals surface area contributed by atoms with Gasteiger partial charge in [-0.3, -0.25) is 0 Å². The minimum Gasteiger partial charge on any atom is -0.444 e. The molecule has 1 aliphatic rings. The van der Waals surface area contributed by atoms with Crippen LogP contribution in [0.25, 0.3) is 6.08 Å². The summed E-state index contributed by atoms with van der Waals surface area (Å²) in [5.41, 5.74) is 1.83. The van der Waals surface area contributed by atoms with Gasteiger partial charge in [0.25, 0.3) is 0 Å². The van der Waals surface area contributed by atoms with Crippen LogP contribution in [-0.2, 0) is 11.3 Å². The number of carbonyl (C=O) groups is 1. The molecule has 0 bridgehead atoms. The lowest BCUT2D eigenvalue weighted by molar-refractivity contribution is 0.0523. The van der Waals surface area contributed by atoms with E-state index in [0.717, 1.165) is 11.5 Å². The Hall–Kier alpha value is -1.77. The standard InChI is InChI=1S/C20H29NO2/c1-20(2,3)23-19(22)21-15-18-13-11-17(12-14-18)10-9-16-7-5-4-6-8-16/h9-14,16H,4-8,15H2,1-3H3,(H,21,22). The zero-order valence-electron chi connectivity index (χ0n) is 14.6. The van der Waals surface area contributed by atoms with Crippen molar-refractivity contribution in [2.24, 2.45) is 5.92 Å². The highest BCUT2D eigenvalue weighted by Gasteiger charge is 2.15. The summed E-state index contributed by atoms with van der Waals surface area (Å²) in [6.07, 6.45) is 11.0. The molecule has 0 unspecified atom stereocenters. The van der Waals surface area contributed by atoms with E-state index < -0.39 is 5.60 Å². The lowest BCUT2D eigenvalue weighted by Gasteiger charge is -2.19. The summed E-state index contributed by atoms with van der Waals surface area (Å²) in [5.74, 6) is 0.747. The fourth-order valence-electron chi connectivity index (χ4n) is 2.81. The Morgan fingerprint density at radius 1 is 1.17 bits per heavy atom. The third kappa shape index (κ3) is 6.89. The molecule has 2 rings (SSSR count). The van der Waals surface area contributed by atoms with Gasteiger partial charge in [0.2, 0.25) is 0 Å². The number of allylic oxidation sites excluding steroid dienone is 1. The molecule has 3 heteroatoms. The van der Waals surface area contributed by atoms with E-state index in [1.807, 2.05) is 20.8 Å². The van der Waals surface area contributed by atoms with Gasteiger partial charge in [-0.05, 0) is 50.7 Å². The number of rotatable bonds is 4. The quantitative estimate of drug-likeness (QED) is 0.818. The minimum absolute atomic E-state index is 0.376. The molecule has 0 aliphatic heterocycles. The number of hydrogen-bond acceptors (Lipinski definition) is 2. The van der Waals surface area contributed by atoms with E-state index in [1.165, 1.54) is 37.7 Å². The molecule has 0 spiro atoms. The van der Waals surface area contributed by atoms with E-state index in [2.05, 4.69) is 41.7 Å². The van der Waals surface area contributed by atoms with Gasteiger partial charge in [-0.2, -0.15) is 0 Å². The molecular formula is C20H29NO2. The van der Waals surface area contributed by atoms with E-state index in [-0.39, 0.29) is 6.09 Å². The second kappa shape index (κ2) is 8.19. The Morgan fingerprint density at radius 3 is 2.43 bits per heavy atom. The summed E-state index contributed by atoms with van der Waals surface area (Å²) in [7, 11) is 0. The summed E-state index contributed by atoms with van der Waals surface area (Å²) >= 11 is 0. The lowest BCUT2D eigenvalue weighted by Crippen LogP contribution is -2.32. The van der Waals surface area contributed by atoms with Crippen LogP contribution in [-0.4, -0.2) is 11.7 Å². The fraction of sp³-hybridized carbons (Fsp3) is 0.550. The number of nitrogens with one attached hydrogen (secondary N) is 1. The van der Waals surface area contributed by atoms with Crippen molar-refractivity contribution in [3.05, 3.63) is 41.5 Å². The smallest absolute Gasteiger partial charge is 0.407 e. The number of benzene rings is 1. The van der Waals surface area contributed by atoms with E-state index in [0.29, 0.717) is 6.54 Å². The average molecular weight is 315 g/mol. The molecule has 1 aliphatic carbocycles. The van der Waals surface area contributed by atoms with Gasteiger partial charge in [0.05, 0.1) is 0 Å². The van der Waals surface area contributed by atoms with Crippen LogP contribution in [0.1, 0.15) is 64.0 Å². The highest BCUT2D eigenvalue weighted by Crippen LogP contribution is 2.25. The first-order valence-electron chi connectivity index (χ1n) is 8.66. The zero-order chi connectivity index (χ0) is 16.7. The SMILES string of the molecule is CC(C)(C)OC(=O)NCc1ccc(C=CC2CCCCC2)cc1. The Kier molecular flexibility index (Phi) is 6.26. The number of hydrogen-bond donors (Lipinski definition) is 1. The lowest BCUT2D eigenvalue weighted by atomic mass is 9.89. The van der Waals surface area contributed by atoms with Crippen LogP contribution in [0.2, 0.25) is 0 Å². The van der Waals surface area contributed by atoms with Gasteiger partial charge in [0, 0.05) is 6.54 Å². The summed E-state index contributed by atoms with van der Waals surface area (Å²) < 4.78 is 5.23. The molecule has 1 fully saturated rings. The van der Waals surface area contributed by atoms with Crippen LogP contribution in [0.4, 0.5) is 4.79 Å². The Bertz CT molecular complexity index is 520. The van der Waals surface area contributed by atoms with E-state index in [1.54, 1.807) is 0 Å². The maximum absolute atomic E-state index is 11.6. The highest BCUT2D eigenvalue weighted by molar-refractivity contribution is 5.67. The largest absolute Gasteiger partial charge is 0.444 e. The van der Waals surface area contributed by atoms with Crippen LogP contribution in [0.3, 0.4) is 0 Å². The first-order chi connectivity index (χ1) is 10.9. The van der Waals surface area contributed by atoms with Crippen molar-refractivity contribution in [3.63, 3.8) is 0 Å². The molecule has 3 nitrogen and oxygen atoms in total. The van der Waals surface area contributed by atoms with Gasteiger partial charge in [0.15, 0.2) is 0 Å². The van der Waals surface area contributed by atoms with Gasteiger partial charge in [-0.25, -0.2) is 4.79 Å². The van der Waals surface area contributed by atoms with Crippen LogP contribution in [0.15, 0.2) is 30.3 Å². The molecule has 1 N–H and O–H groups in total. The Morgan fingerprint density at radius 2 is 1.83 bits per heavy atom. The van der Waals surface area contributed by atoms with Crippen molar-refractivity contribution in [1.29, 1.82) is 0 Å². The predicted octanol–water partition coefficient (Wildman–Crippen LogP) is 5.30. The highest BCUT2D eigenvalue weighted by atomic mass is 16.6. The topological polar surface area (TPSA) is 38.3 Å². The van der Waals surface area contributed by atoms with Crippen LogP contribution in [0.5, 0.6) is 0 Å². The zero-order valence-corrected chi connectivity index (χ0v) is 14.6. The molecule has 23 heavy (non-hydrogen) atoms. The number of ether oxygens (including phenoxy) is 1. The molecule has 1 aromatic carbocycles.